The van der Waals surface area contributed by atoms with E-state index in [2.05, 4.69) is 293 Å². The van der Waals surface area contributed by atoms with Crippen molar-refractivity contribution >= 4 is 50.6 Å². The van der Waals surface area contributed by atoms with Crippen LogP contribution in [0.3, 0.4) is 0 Å². The predicted molar refractivity (Wildman–Crippen MR) is 290 cm³/mol. The van der Waals surface area contributed by atoms with Gasteiger partial charge in [-0.3, -0.25) is 0 Å². The molecule has 0 aliphatic carbocycles. The van der Waals surface area contributed by atoms with Gasteiger partial charge in [-0.1, -0.05) is 184 Å². The molecule has 0 spiro atoms. The highest BCUT2D eigenvalue weighted by atomic mass is 32.2. The van der Waals surface area contributed by atoms with Gasteiger partial charge in [0.25, 0.3) is 0 Å². The smallest absolute Gasteiger partial charge is 0.166 e. The van der Waals surface area contributed by atoms with Crippen molar-refractivity contribution in [1.29, 1.82) is 0 Å². The average molecular weight is 1000 g/mol. The van der Waals surface area contributed by atoms with E-state index in [0.29, 0.717) is 0 Å². The molecule has 0 radical (unpaired) electrons. The molecule has 0 aliphatic heterocycles. The zero-order valence-electron chi connectivity index (χ0n) is 39.5. The van der Waals surface area contributed by atoms with Crippen molar-refractivity contribution in [3.8, 4) is 0 Å². The summed E-state index contributed by atoms with van der Waals surface area (Å²) in [5.74, 6) is -3.69. The third-order valence-corrected chi connectivity index (χ3v) is 16.0. The molecule has 0 unspecified atom stereocenters. The maximum atomic E-state index is 9.14. The van der Waals surface area contributed by atoms with Crippen LogP contribution in [0.25, 0.3) is 0 Å². The van der Waals surface area contributed by atoms with Gasteiger partial charge in [0.15, 0.2) is 44.1 Å². The van der Waals surface area contributed by atoms with E-state index in [9.17, 15) is 0 Å². The number of carbonyl (C=O) groups excluding carboxylic acids is 3. The molecule has 0 saturated carbocycles. The lowest BCUT2D eigenvalue weighted by Gasteiger charge is -2.07. The zero-order chi connectivity index (χ0) is 51.6. The van der Waals surface area contributed by atoms with Gasteiger partial charge < -0.3 is 29.7 Å². The summed E-state index contributed by atoms with van der Waals surface area (Å²) < 4.78 is 0. The Morgan fingerprint density at radius 1 is 0.236 bits per heavy atom. The fourth-order valence-electron chi connectivity index (χ4n) is 6.23. The molecule has 72 heavy (non-hydrogen) atoms. The number of hydrogen-bond acceptors (Lipinski definition) is 6. The monoisotopic (exact) mass is 1000 g/mol. The molecule has 0 bridgehead atoms. The minimum absolute atomic E-state index is 0.0146. The van der Waals surface area contributed by atoms with E-state index in [4.69, 9.17) is 29.7 Å². The molecule has 0 aromatic heterocycles. The van der Waals surface area contributed by atoms with Crippen LogP contribution in [0.5, 0.6) is 0 Å². The number of benzene rings is 9. The van der Waals surface area contributed by atoms with E-state index in [1.165, 1.54) is 44.1 Å². The normalized spacial score (nSPS) is 9.71. The molecule has 360 valence electrons. The second-order valence-corrected chi connectivity index (χ2v) is 20.4. The van der Waals surface area contributed by atoms with Gasteiger partial charge in [0.05, 0.1) is 50.6 Å². The Morgan fingerprint density at radius 2 is 0.319 bits per heavy atom. The maximum absolute atomic E-state index is 9.14. The largest absolute Gasteiger partial charge is 0.545 e. The quantitative estimate of drug-likeness (QED) is 0.0888. The molecule has 0 aliphatic rings. The molecule has 9 aromatic carbocycles. The Hall–Kier alpha value is -8.34. The first-order valence-corrected chi connectivity index (χ1v) is 26.0. The molecule has 9 heteroatoms. The molecule has 0 fully saturated rings. The highest BCUT2D eigenvalue weighted by Gasteiger charge is 2.29. The molecule has 9 rings (SSSR count). The van der Waals surface area contributed by atoms with Gasteiger partial charge in [0.2, 0.25) is 0 Å². The molecule has 9 aromatic rings. The second-order valence-electron chi connectivity index (χ2n) is 14.3. The van der Waals surface area contributed by atoms with Gasteiger partial charge in [0, 0.05) is 0 Å². The van der Waals surface area contributed by atoms with Crippen LogP contribution < -0.4 is 15.3 Å². The van der Waals surface area contributed by atoms with Crippen LogP contribution in [0, 0.1) is 0 Å². The van der Waals surface area contributed by atoms with Crippen LogP contribution in [0.2, 0.25) is 0 Å². The van der Waals surface area contributed by atoms with Gasteiger partial charge in [-0.25, -0.2) is 0 Å². The molecule has 0 amide bonds. The van der Waals surface area contributed by atoms with Gasteiger partial charge in [-0.2, -0.15) is 0 Å². The standard InChI is InChI=1S/3C18H15S.3C3H4O2/c3*1-4-10-16(11-5-1)19(17-12-6-2-7-13-17)18-14-8-3-9-15-18;3*1-2-3(4)5/h3*1-15H;3*2H,1H2,(H,4,5)/q3*+1;;;/p-3. The minimum atomic E-state index is -1.23. The van der Waals surface area contributed by atoms with Gasteiger partial charge >= 0.3 is 0 Å². The summed E-state index contributed by atoms with van der Waals surface area (Å²) >= 11 is 0. The number of carbonyl (C=O) groups is 3. The van der Waals surface area contributed by atoms with E-state index in [1.807, 2.05) is 0 Å². The van der Waals surface area contributed by atoms with Gasteiger partial charge in [-0.05, 0) is 127 Å². The first-order chi connectivity index (χ1) is 35.2. The summed E-state index contributed by atoms with van der Waals surface area (Å²) in [5, 5.41) is 27.4. The highest BCUT2D eigenvalue weighted by molar-refractivity contribution is 7.97. The lowest BCUT2D eigenvalue weighted by Crippen LogP contribution is -2.17. The fourth-order valence-corrected chi connectivity index (χ4v) is 12.5. The Morgan fingerprint density at radius 3 is 0.389 bits per heavy atom. The highest BCUT2D eigenvalue weighted by Crippen LogP contribution is 2.33. The number of rotatable bonds is 12. The molecule has 0 saturated heterocycles. The lowest BCUT2D eigenvalue weighted by molar-refractivity contribution is -0.298. The number of carboxylic acid groups (broad SMARTS) is 3. The molecule has 0 atom stereocenters. The number of carboxylic acids is 3. The zero-order valence-corrected chi connectivity index (χ0v) is 42.0. The molecule has 0 N–H and O–H groups in total. The van der Waals surface area contributed by atoms with Crippen molar-refractivity contribution in [2.24, 2.45) is 0 Å². The van der Waals surface area contributed by atoms with E-state index in [1.54, 1.807) is 0 Å². The Balaban J connectivity index is 0.000000205. The third-order valence-electron chi connectivity index (χ3n) is 9.31. The predicted octanol–water partition coefficient (Wildman–Crippen LogP) is 11.1. The summed E-state index contributed by atoms with van der Waals surface area (Å²) in [7, 11) is -0.0439. The minimum Gasteiger partial charge on any atom is -0.545 e. The molecule has 0 heterocycles. The van der Waals surface area contributed by atoms with Crippen molar-refractivity contribution in [2.45, 2.75) is 44.1 Å². The summed E-state index contributed by atoms with van der Waals surface area (Å²) in [6.07, 6.45) is 2.17. The van der Waals surface area contributed by atoms with Crippen molar-refractivity contribution in [1.82, 2.24) is 0 Å². The summed E-state index contributed by atoms with van der Waals surface area (Å²) in [5.41, 5.74) is 0. The van der Waals surface area contributed by atoms with E-state index >= 15 is 0 Å². The van der Waals surface area contributed by atoms with Crippen molar-refractivity contribution in [2.75, 3.05) is 0 Å². The van der Waals surface area contributed by atoms with Crippen molar-refractivity contribution in [3.05, 3.63) is 311 Å². The van der Waals surface area contributed by atoms with Crippen LogP contribution in [0.15, 0.2) is 355 Å². The molecule has 6 nitrogen and oxygen atoms in total. The number of hydrogen-bond donors (Lipinski definition) is 0. The van der Waals surface area contributed by atoms with Gasteiger partial charge in [-0.15, -0.1) is 0 Å². The first kappa shape index (κ1) is 56.2. The SMILES string of the molecule is C=CC(=O)[O-].C=CC(=O)[O-].C=CC(=O)[O-].c1ccc([S+](c2ccccc2)c2ccccc2)cc1.c1ccc([S+](c2ccccc2)c2ccccc2)cc1.c1ccc([S+](c2ccccc2)c2ccccc2)cc1. The average Bonchev–Trinajstić information content (AvgIpc) is 3.45. The van der Waals surface area contributed by atoms with Crippen LogP contribution in [0.1, 0.15) is 0 Å². The third kappa shape index (κ3) is 20.3. The first-order valence-electron chi connectivity index (χ1n) is 22.3. The van der Waals surface area contributed by atoms with E-state index in [0.717, 1.165) is 18.2 Å². The summed E-state index contributed by atoms with van der Waals surface area (Å²) in [6.45, 7) is 8.69. The van der Waals surface area contributed by atoms with Crippen LogP contribution in [-0.4, -0.2) is 17.9 Å². The summed E-state index contributed by atoms with van der Waals surface area (Å²) in [6, 6.07) is 96.5. The van der Waals surface area contributed by atoms with E-state index in [-0.39, 0.29) is 32.7 Å². The topological polar surface area (TPSA) is 120 Å². The Bertz CT molecular complexity index is 2310. The molecular formula is C63H54O6S3. The molecular weight excluding hydrogens is 949 g/mol. The van der Waals surface area contributed by atoms with E-state index < -0.39 is 17.9 Å². The number of aliphatic carboxylic acids is 3. The fraction of sp³-hybridized carbons (Fsp3) is 0. The van der Waals surface area contributed by atoms with Crippen LogP contribution in [0.4, 0.5) is 0 Å². The Kier molecular flexibility index (Phi) is 26.0. The van der Waals surface area contributed by atoms with Crippen LogP contribution >= 0.6 is 0 Å². The summed E-state index contributed by atoms with van der Waals surface area (Å²) in [4.78, 5) is 39.7. The van der Waals surface area contributed by atoms with Gasteiger partial charge in [0.1, 0.15) is 0 Å². The lowest BCUT2D eigenvalue weighted by atomic mass is 10.4. The Labute approximate surface area is 432 Å². The van der Waals surface area contributed by atoms with Crippen molar-refractivity contribution in [3.63, 3.8) is 0 Å². The second kappa shape index (κ2) is 33.2. The van der Waals surface area contributed by atoms with Crippen molar-refractivity contribution < 1.29 is 29.7 Å². The van der Waals surface area contributed by atoms with Crippen LogP contribution in [-0.2, 0) is 47.1 Å². The maximum Gasteiger partial charge on any atom is 0.166 e.